The number of aliphatic hydroxyl groups is 1. The van der Waals surface area contributed by atoms with Crippen LogP contribution in [-0.2, 0) is 4.74 Å². The lowest BCUT2D eigenvalue weighted by Gasteiger charge is -1.96. The third-order valence-corrected chi connectivity index (χ3v) is 1.33. The summed E-state index contributed by atoms with van der Waals surface area (Å²) in [5, 5.41) is 16.6. The van der Waals surface area contributed by atoms with Gasteiger partial charge < -0.3 is 9.84 Å². The monoisotopic (exact) mass is 141 g/mol. The van der Waals surface area contributed by atoms with E-state index in [9.17, 15) is 0 Å². The summed E-state index contributed by atoms with van der Waals surface area (Å²) in [7, 11) is 0. The van der Waals surface area contributed by atoms with Gasteiger partial charge in [0.2, 0.25) is 5.39 Å². The molecule has 0 aromatic rings. The van der Waals surface area contributed by atoms with Crippen molar-refractivity contribution in [2.75, 3.05) is 6.61 Å². The number of hydrogen-bond donors (Lipinski definition) is 1. The maximum Gasteiger partial charge on any atom is 0.429 e. The zero-order chi connectivity index (χ0) is 7.40. The third kappa shape index (κ3) is 2.35. The molecule has 10 heavy (non-hydrogen) atoms. The molecule has 0 saturated heterocycles. The molecule has 0 spiro atoms. The molecule has 1 aliphatic rings. The SMILES string of the molecule is N#[N+]/C=C(/O)OCC1CC1. The van der Waals surface area contributed by atoms with Crippen molar-refractivity contribution in [1.29, 1.82) is 5.39 Å². The van der Waals surface area contributed by atoms with Crippen LogP contribution in [0, 0.1) is 11.3 Å². The Balaban J connectivity index is 2.11. The first-order valence-corrected chi connectivity index (χ1v) is 3.19. The van der Waals surface area contributed by atoms with Crippen LogP contribution in [0.5, 0.6) is 0 Å². The second kappa shape index (κ2) is 3.06. The lowest BCUT2D eigenvalue weighted by atomic mass is 10.5. The zero-order valence-electron chi connectivity index (χ0n) is 5.53. The van der Waals surface area contributed by atoms with Gasteiger partial charge >= 0.3 is 12.1 Å². The van der Waals surface area contributed by atoms with Gasteiger partial charge in [-0.25, -0.2) is 0 Å². The van der Waals surface area contributed by atoms with E-state index >= 15 is 0 Å². The molecule has 1 N–H and O–H groups in total. The number of ether oxygens (including phenoxy) is 1. The van der Waals surface area contributed by atoms with E-state index in [-0.39, 0.29) is 5.95 Å². The summed E-state index contributed by atoms with van der Waals surface area (Å²) in [5.74, 6) is 0.267. The zero-order valence-corrected chi connectivity index (χ0v) is 5.53. The highest BCUT2D eigenvalue weighted by Crippen LogP contribution is 2.29. The Kier molecular flexibility index (Phi) is 2.11. The van der Waals surface area contributed by atoms with Gasteiger partial charge in [0.1, 0.15) is 0 Å². The van der Waals surface area contributed by atoms with Gasteiger partial charge in [-0.05, 0) is 18.8 Å². The molecule has 1 fully saturated rings. The lowest BCUT2D eigenvalue weighted by Crippen LogP contribution is -1.94. The molecule has 1 saturated carbocycles. The molecule has 54 valence electrons. The fraction of sp³-hybridized carbons (Fsp3) is 0.667. The molecule has 0 aromatic heterocycles. The van der Waals surface area contributed by atoms with Crippen molar-refractivity contribution < 1.29 is 9.84 Å². The van der Waals surface area contributed by atoms with E-state index in [0.29, 0.717) is 12.5 Å². The van der Waals surface area contributed by atoms with Gasteiger partial charge in [-0.2, -0.15) is 0 Å². The van der Waals surface area contributed by atoms with Crippen LogP contribution in [0.3, 0.4) is 0 Å². The van der Waals surface area contributed by atoms with Crippen molar-refractivity contribution in [2.24, 2.45) is 5.92 Å². The van der Waals surface area contributed by atoms with Crippen LogP contribution in [-0.4, -0.2) is 11.7 Å². The first kappa shape index (κ1) is 6.87. The fourth-order valence-corrected chi connectivity index (χ4v) is 0.574. The van der Waals surface area contributed by atoms with Gasteiger partial charge in [0.15, 0.2) is 4.98 Å². The van der Waals surface area contributed by atoms with Crippen LogP contribution in [0.2, 0.25) is 0 Å². The molecule has 0 unspecified atom stereocenters. The number of rotatable bonds is 3. The first-order chi connectivity index (χ1) is 4.83. The van der Waals surface area contributed by atoms with Crippen LogP contribution in [0.1, 0.15) is 12.8 Å². The fourth-order valence-electron chi connectivity index (χ4n) is 0.574. The lowest BCUT2D eigenvalue weighted by molar-refractivity contribution is 0.0865. The largest absolute Gasteiger partial charge is 0.476 e. The Bertz CT molecular complexity index is 179. The summed E-state index contributed by atoms with van der Waals surface area (Å²) >= 11 is 0. The van der Waals surface area contributed by atoms with E-state index < -0.39 is 0 Å². The molecular formula is C6H9N2O2+. The Morgan fingerprint density at radius 3 is 3.00 bits per heavy atom. The van der Waals surface area contributed by atoms with Crippen LogP contribution >= 0.6 is 0 Å². The Morgan fingerprint density at radius 2 is 2.50 bits per heavy atom. The minimum absolute atomic E-state index is 0.325. The molecule has 0 aliphatic heterocycles. The van der Waals surface area contributed by atoms with E-state index in [0.717, 1.165) is 6.20 Å². The summed E-state index contributed by atoms with van der Waals surface area (Å²) in [5.41, 5.74) is 0. The molecule has 0 amide bonds. The Morgan fingerprint density at radius 1 is 1.80 bits per heavy atom. The first-order valence-electron chi connectivity index (χ1n) is 3.19. The smallest absolute Gasteiger partial charge is 0.429 e. The highest BCUT2D eigenvalue weighted by molar-refractivity contribution is 4.88. The summed E-state index contributed by atoms with van der Waals surface area (Å²) in [4.78, 5) is 2.60. The summed E-state index contributed by atoms with van der Waals surface area (Å²) in [6.45, 7) is 0.526. The van der Waals surface area contributed by atoms with Crippen molar-refractivity contribution in [3.63, 3.8) is 0 Å². The van der Waals surface area contributed by atoms with Gasteiger partial charge in [0, 0.05) is 0 Å². The topological polar surface area (TPSA) is 57.6 Å². The molecule has 0 aromatic carbocycles. The Labute approximate surface area is 58.7 Å². The van der Waals surface area contributed by atoms with E-state index in [2.05, 4.69) is 4.98 Å². The normalized spacial score (nSPS) is 18.1. The van der Waals surface area contributed by atoms with Crippen molar-refractivity contribution in [3.05, 3.63) is 17.1 Å². The van der Waals surface area contributed by atoms with Gasteiger partial charge in [-0.1, -0.05) is 0 Å². The molecule has 0 atom stereocenters. The highest BCUT2D eigenvalue weighted by atomic mass is 16.6. The molecule has 1 aliphatic carbocycles. The molecular weight excluding hydrogens is 132 g/mol. The standard InChI is InChI=1S/C6H8N2O2/c7-8-3-6(9)10-4-5-1-2-5/h3,5H,1-2,4H2/p+1/b6-3-. The van der Waals surface area contributed by atoms with Gasteiger partial charge in [-0.15, -0.1) is 0 Å². The number of aliphatic hydroxyl groups excluding tert-OH is 1. The summed E-state index contributed by atoms with van der Waals surface area (Å²) in [6.07, 6.45) is 3.20. The predicted octanol–water partition coefficient (Wildman–Crippen LogP) is 1.62. The number of diazo groups is 1. The average molecular weight is 141 g/mol. The van der Waals surface area contributed by atoms with E-state index in [1.807, 2.05) is 0 Å². The van der Waals surface area contributed by atoms with Crippen LogP contribution in [0.4, 0.5) is 0 Å². The van der Waals surface area contributed by atoms with Crippen molar-refractivity contribution >= 4 is 0 Å². The van der Waals surface area contributed by atoms with Gasteiger partial charge in [0.05, 0.1) is 6.61 Å². The molecule has 4 nitrogen and oxygen atoms in total. The van der Waals surface area contributed by atoms with Crippen LogP contribution in [0.25, 0.3) is 4.98 Å². The minimum Gasteiger partial charge on any atom is -0.476 e. The number of hydrogen-bond acceptors (Lipinski definition) is 3. The van der Waals surface area contributed by atoms with Crippen molar-refractivity contribution in [1.82, 2.24) is 0 Å². The van der Waals surface area contributed by atoms with E-state index in [1.165, 1.54) is 12.8 Å². The van der Waals surface area contributed by atoms with Crippen molar-refractivity contribution in [2.45, 2.75) is 12.8 Å². The maximum atomic E-state index is 8.71. The second-order valence-corrected chi connectivity index (χ2v) is 2.34. The maximum absolute atomic E-state index is 8.71. The predicted molar refractivity (Wildman–Crippen MR) is 34.5 cm³/mol. The van der Waals surface area contributed by atoms with Crippen LogP contribution in [0.15, 0.2) is 12.1 Å². The third-order valence-electron chi connectivity index (χ3n) is 1.33. The van der Waals surface area contributed by atoms with E-state index in [4.69, 9.17) is 15.2 Å². The molecule has 4 heteroatoms. The van der Waals surface area contributed by atoms with Gasteiger partial charge in [0.25, 0.3) is 0 Å². The summed E-state index contributed by atoms with van der Waals surface area (Å²) in [6, 6.07) is 0. The average Bonchev–Trinajstić information content (AvgIpc) is 2.67. The van der Waals surface area contributed by atoms with Crippen molar-refractivity contribution in [3.8, 4) is 0 Å². The number of nitrogens with zero attached hydrogens (tertiary/aromatic N) is 2. The minimum atomic E-state index is -0.325. The second-order valence-electron chi connectivity index (χ2n) is 2.34. The Hall–Kier alpha value is -1.24. The molecule has 1 rings (SSSR count). The quantitative estimate of drug-likeness (QED) is 0.480. The summed E-state index contributed by atoms with van der Waals surface area (Å²) < 4.78 is 4.77. The molecule has 0 bridgehead atoms. The van der Waals surface area contributed by atoms with E-state index in [1.54, 1.807) is 0 Å². The highest BCUT2D eigenvalue weighted by Gasteiger charge is 2.22. The molecule has 0 heterocycles. The van der Waals surface area contributed by atoms with Crippen LogP contribution < -0.4 is 0 Å². The molecule has 0 radical (unpaired) electrons. The van der Waals surface area contributed by atoms with Gasteiger partial charge in [-0.3, -0.25) is 0 Å².